The summed E-state index contributed by atoms with van der Waals surface area (Å²) in [5.41, 5.74) is 0. The van der Waals surface area contributed by atoms with Crippen LogP contribution in [0.25, 0.3) is 0 Å². The molecule has 0 heteroatoms. The lowest BCUT2D eigenvalue weighted by atomic mass is 10.1. The summed E-state index contributed by atoms with van der Waals surface area (Å²) in [6.07, 6.45) is 19.4. The molecule has 0 amide bonds. The Balaban J connectivity index is -0.0000000450. The number of hydrogen-bond donors (Lipinski definition) is 0. The molecule has 198 valence electrons. The van der Waals surface area contributed by atoms with Crippen LogP contribution in [0.5, 0.6) is 0 Å². The van der Waals surface area contributed by atoms with Crippen molar-refractivity contribution in [2.45, 2.75) is 181 Å². The van der Waals surface area contributed by atoms with Gasteiger partial charge < -0.3 is 0 Å². The van der Waals surface area contributed by atoms with Gasteiger partial charge in [-0.1, -0.05) is 174 Å². The lowest BCUT2D eigenvalue weighted by Gasteiger charge is -1.96. The average Bonchev–Trinajstić information content (AvgIpc) is 3.22. The molecule has 0 heterocycles. The summed E-state index contributed by atoms with van der Waals surface area (Å²) in [4.78, 5) is 0. The van der Waals surface area contributed by atoms with Crippen LogP contribution in [0.15, 0.2) is 12.2 Å². The van der Waals surface area contributed by atoms with Crippen LogP contribution in [0.1, 0.15) is 181 Å². The van der Waals surface area contributed by atoms with E-state index in [-0.39, 0.29) is 0 Å². The van der Waals surface area contributed by atoms with Gasteiger partial charge in [0.15, 0.2) is 0 Å². The molecule has 0 spiro atoms. The second kappa shape index (κ2) is 69.9. The zero-order valence-corrected chi connectivity index (χ0v) is 26.1. The minimum absolute atomic E-state index is 1.02. The third kappa shape index (κ3) is 92.4. The Morgan fingerprint density at radius 1 is 0.548 bits per heavy atom. The van der Waals surface area contributed by atoms with Crippen LogP contribution in [0, 0.1) is 11.8 Å². The van der Waals surface area contributed by atoms with Gasteiger partial charge in [-0.05, 0) is 31.6 Å². The fourth-order valence-corrected chi connectivity index (χ4v) is 2.58. The Bertz CT molecular complexity index is 178. The van der Waals surface area contributed by atoms with E-state index in [0.29, 0.717) is 0 Å². The van der Waals surface area contributed by atoms with Crippen LogP contribution in [0.4, 0.5) is 0 Å². The Kier molecular flexibility index (Phi) is 109. The van der Waals surface area contributed by atoms with Crippen molar-refractivity contribution < 1.29 is 0 Å². The molecular weight excluding hydrogens is 372 g/mol. The Morgan fingerprint density at radius 2 is 0.839 bits per heavy atom. The molecule has 2 unspecified atom stereocenters. The van der Waals surface area contributed by atoms with Gasteiger partial charge in [0.1, 0.15) is 0 Å². The van der Waals surface area contributed by atoms with Gasteiger partial charge in [0, 0.05) is 0 Å². The third-order valence-corrected chi connectivity index (χ3v) is 4.09. The maximum atomic E-state index is 2.35. The lowest BCUT2D eigenvalue weighted by molar-refractivity contribution is 0.555. The summed E-state index contributed by atoms with van der Waals surface area (Å²) in [7, 11) is 0. The van der Waals surface area contributed by atoms with Gasteiger partial charge in [-0.15, -0.1) is 0 Å². The highest BCUT2D eigenvalue weighted by Crippen LogP contribution is 2.29. The summed E-state index contributed by atoms with van der Waals surface area (Å²) < 4.78 is 0. The smallest absolute Gasteiger partial charge is 0.0379 e. The number of unbranched alkanes of at least 4 members (excludes halogenated alkanes) is 5. The van der Waals surface area contributed by atoms with E-state index in [9.17, 15) is 0 Å². The van der Waals surface area contributed by atoms with Gasteiger partial charge in [0.2, 0.25) is 0 Å². The molecule has 1 aliphatic carbocycles. The molecule has 31 heavy (non-hydrogen) atoms. The third-order valence-electron chi connectivity index (χ3n) is 4.09. The normalized spacial score (nSPS) is 15.0. The maximum absolute atomic E-state index is 2.35. The number of hydrogen-bond acceptors (Lipinski definition) is 0. The quantitative estimate of drug-likeness (QED) is 0.281. The van der Waals surface area contributed by atoms with Crippen molar-refractivity contribution in [2.24, 2.45) is 11.8 Å². The first kappa shape index (κ1) is 48.2. The van der Waals surface area contributed by atoms with Gasteiger partial charge in [-0.2, -0.15) is 0 Å². The standard InChI is InChI=1S/C7H14.C6H14.C5H12.C5H10.4C2H6/c1-6-3-4-7(2)5-6;1-3-5-6-4-2;2*1-3-5-4-2;4*1-2/h6-7H,3-5H2,1-2H3;3-6H2,1-2H3;3-5H2,1-2H3;3,5H,4H2,1-2H3;4*1-2H3/b;;;5-3-;;;;. The van der Waals surface area contributed by atoms with E-state index in [2.05, 4.69) is 60.6 Å². The van der Waals surface area contributed by atoms with Gasteiger partial charge in [0.25, 0.3) is 0 Å². The Hall–Kier alpha value is -0.260. The highest BCUT2D eigenvalue weighted by molar-refractivity contribution is 4.73. The first-order valence-corrected chi connectivity index (χ1v) is 14.6. The molecule has 0 aromatic carbocycles. The van der Waals surface area contributed by atoms with Crippen LogP contribution < -0.4 is 0 Å². The minimum atomic E-state index is 1.02. The van der Waals surface area contributed by atoms with Crippen molar-refractivity contribution in [2.75, 3.05) is 0 Å². The first-order chi connectivity index (χ1) is 15.0. The summed E-state index contributed by atoms with van der Waals surface area (Å²) in [6.45, 7) is 33.7. The molecule has 0 aliphatic heterocycles. The second-order valence-corrected chi connectivity index (χ2v) is 7.06. The van der Waals surface area contributed by atoms with E-state index in [4.69, 9.17) is 0 Å². The molecule has 0 radical (unpaired) electrons. The van der Waals surface area contributed by atoms with Gasteiger partial charge in [-0.3, -0.25) is 0 Å². The van der Waals surface area contributed by atoms with Gasteiger partial charge in [0.05, 0.1) is 0 Å². The largest absolute Gasteiger partial charge is 0.0917 e. The summed E-state index contributed by atoms with van der Waals surface area (Å²) in [6, 6.07) is 0. The monoisotopic (exact) mass is 447 g/mol. The molecule has 2 atom stereocenters. The van der Waals surface area contributed by atoms with Crippen molar-refractivity contribution in [1.82, 2.24) is 0 Å². The van der Waals surface area contributed by atoms with E-state index in [1.54, 1.807) is 0 Å². The van der Waals surface area contributed by atoms with E-state index in [0.717, 1.165) is 18.3 Å². The van der Waals surface area contributed by atoms with Crippen LogP contribution in [-0.2, 0) is 0 Å². The highest BCUT2D eigenvalue weighted by Gasteiger charge is 2.15. The Labute approximate surface area is 205 Å². The molecule has 0 saturated heterocycles. The van der Waals surface area contributed by atoms with E-state index in [1.165, 1.54) is 64.2 Å². The zero-order chi connectivity index (χ0) is 26.3. The molecule has 0 N–H and O–H groups in total. The molecular formula is C31H74. The maximum Gasteiger partial charge on any atom is -0.0379 e. The highest BCUT2D eigenvalue weighted by atomic mass is 14.2. The van der Waals surface area contributed by atoms with Crippen molar-refractivity contribution in [3.05, 3.63) is 12.2 Å². The van der Waals surface area contributed by atoms with Crippen molar-refractivity contribution in [3.8, 4) is 0 Å². The molecule has 1 rings (SSSR count). The topological polar surface area (TPSA) is 0 Å². The SMILES string of the molecule is C/C=C\CC.CC.CC.CC.CC.CC1CCC(C)C1.CCCCC.CCCCCC. The minimum Gasteiger partial charge on any atom is -0.0917 e. The first-order valence-electron chi connectivity index (χ1n) is 14.6. The average molecular weight is 447 g/mol. The van der Waals surface area contributed by atoms with Gasteiger partial charge >= 0.3 is 0 Å². The fraction of sp³-hybridized carbons (Fsp3) is 0.935. The van der Waals surface area contributed by atoms with E-state index in [1.807, 2.05) is 62.3 Å². The molecule has 0 nitrogen and oxygen atoms in total. The predicted octanol–water partition coefficient (Wildman–Crippen LogP) is 13.3. The van der Waals surface area contributed by atoms with Crippen LogP contribution in [0.3, 0.4) is 0 Å². The van der Waals surface area contributed by atoms with Crippen LogP contribution in [0.2, 0.25) is 0 Å². The molecule has 0 aromatic rings. The number of allylic oxidation sites excluding steroid dienone is 2. The summed E-state index contributed by atoms with van der Waals surface area (Å²) in [5, 5.41) is 0. The molecule has 1 fully saturated rings. The predicted molar refractivity (Wildman–Crippen MR) is 158 cm³/mol. The summed E-state index contributed by atoms with van der Waals surface area (Å²) in [5.74, 6) is 2.05. The summed E-state index contributed by atoms with van der Waals surface area (Å²) >= 11 is 0. The molecule has 0 aromatic heterocycles. The second-order valence-electron chi connectivity index (χ2n) is 7.06. The van der Waals surface area contributed by atoms with Crippen molar-refractivity contribution >= 4 is 0 Å². The zero-order valence-electron chi connectivity index (χ0n) is 26.1. The van der Waals surface area contributed by atoms with Crippen molar-refractivity contribution in [3.63, 3.8) is 0 Å². The Morgan fingerprint density at radius 3 is 0.903 bits per heavy atom. The van der Waals surface area contributed by atoms with E-state index < -0.39 is 0 Å². The van der Waals surface area contributed by atoms with Crippen LogP contribution in [-0.4, -0.2) is 0 Å². The lowest BCUT2D eigenvalue weighted by Crippen LogP contribution is -1.84. The molecule has 1 aliphatic rings. The fourth-order valence-electron chi connectivity index (χ4n) is 2.58. The number of rotatable bonds is 6. The molecule has 1 saturated carbocycles. The van der Waals surface area contributed by atoms with Gasteiger partial charge in [-0.25, -0.2) is 0 Å². The van der Waals surface area contributed by atoms with Crippen molar-refractivity contribution in [1.29, 1.82) is 0 Å². The molecule has 0 bridgehead atoms. The van der Waals surface area contributed by atoms with Crippen LogP contribution >= 0.6 is 0 Å². The van der Waals surface area contributed by atoms with E-state index >= 15 is 0 Å².